The SMILES string of the molecule is C=CCSC(=O)CCc1ccccc1. The van der Waals surface area contributed by atoms with Crippen molar-refractivity contribution in [3.8, 4) is 0 Å². The van der Waals surface area contributed by atoms with Gasteiger partial charge in [0.05, 0.1) is 0 Å². The normalized spacial score (nSPS) is 9.71. The lowest BCUT2D eigenvalue weighted by molar-refractivity contribution is -0.110. The summed E-state index contributed by atoms with van der Waals surface area (Å²) in [7, 11) is 0. The van der Waals surface area contributed by atoms with Gasteiger partial charge < -0.3 is 0 Å². The first-order valence-corrected chi connectivity index (χ1v) is 5.62. The van der Waals surface area contributed by atoms with Crippen LogP contribution in [0.2, 0.25) is 0 Å². The van der Waals surface area contributed by atoms with Gasteiger partial charge in [0.1, 0.15) is 0 Å². The van der Waals surface area contributed by atoms with Crippen molar-refractivity contribution in [3.05, 3.63) is 48.6 Å². The van der Waals surface area contributed by atoms with E-state index < -0.39 is 0 Å². The smallest absolute Gasteiger partial charge is 0.189 e. The molecular weight excluding hydrogens is 192 g/mol. The molecule has 0 N–H and O–H groups in total. The van der Waals surface area contributed by atoms with Gasteiger partial charge in [0, 0.05) is 12.2 Å². The van der Waals surface area contributed by atoms with Crippen LogP contribution < -0.4 is 0 Å². The Balaban J connectivity index is 2.27. The summed E-state index contributed by atoms with van der Waals surface area (Å²) < 4.78 is 0. The minimum atomic E-state index is 0.244. The molecule has 0 amide bonds. The largest absolute Gasteiger partial charge is 0.287 e. The molecule has 1 rings (SSSR count). The highest BCUT2D eigenvalue weighted by molar-refractivity contribution is 8.13. The molecule has 0 unspecified atom stereocenters. The van der Waals surface area contributed by atoms with E-state index in [-0.39, 0.29) is 5.12 Å². The maximum Gasteiger partial charge on any atom is 0.189 e. The van der Waals surface area contributed by atoms with Gasteiger partial charge in [-0.3, -0.25) is 4.79 Å². The van der Waals surface area contributed by atoms with Crippen LogP contribution >= 0.6 is 11.8 Å². The Bertz CT molecular complexity index is 292. The van der Waals surface area contributed by atoms with Crippen LogP contribution in [0.15, 0.2) is 43.0 Å². The third-order valence-electron chi connectivity index (χ3n) is 1.82. The zero-order valence-corrected chi connectivity index (χ0v) is 8.93. The number of carbonyl (C=O) groups excluding carboxylic acids is 1. The summed E-state index contributed by atoms with van der Waals surface area (Å²) in [4.78, 5) is 11.3. The second-order valence-electron chi connectivity index (χ2n) is 2.96. The number of thioether (sulfide) groups is 1. The molecule has 0 saturated carbocycles. The number of benzene rings is 1. The molecule has 0 atom stereocenters. The van der Waals surface area contributed by atoms with Crippen LogP contribution in [0, 0.1) is 0 Å². The number of carbonyl (C=O) groups is 1. The van der Waals surface area contributed by atoms with Crippen molar-refractivity contribution in [1.29, 1.82) is 0 Å². The molecule has 0 aliphatic rings. The van der Waals surface area contributed by atoms with Crippen LogP contribution in [-0.4, -0.2) is 10.9 Å². The zero-order valence-electron chi connectivity index (χ0n) is 8.11. The molecule has 2 heteroatoms. The van der Waals surface area contributed by atoms with Crippen LogP contribution in [-0.2, 0) is 11.2 Å². The van der Waals surface area contributed by atoms with Crippen molar-refractivity contribution in [1.82, 2.24) is 0 Å². The van der Waals surface area contributed by atoms with E-state index in [0.717, 1.165) is 6.42 Å². The molecule has 14 heavy (non-hydrogen) atoms. The summed E-state index contributed by atoms with van der Waals surface area (Å²) in [5, 5.41) is 0.244. The Morgan fingerprint density at radius 3 is 2.71 bits per heavy atom. The average molecular weight is 206 g/mol. The molecule has 0 aromatic heterocycles. The van der Waals surface area contributed by atoms with Gasteiger partial charge in [0.2, 0.25) is 0 Å². The maximum atomic E-state index is 11.3. The fraction of sp³-hybridized carbons (Fsp3) is 0.250. The highest BCUT2D eigenvalue weighted by atomic mass is 32.2. The summed E-state index contributed by atoms with van der Waals surface area (Å²) in [5.41, 5.74) is 1.22. The quantitative estimate of drug-likeness (QED) is 0.689. The minimum absolute atomic E-state index is 0.244. The molecule has 0 radical (unpaired) electrons. The first-order chi connectivity index (χ1) is 6.83. The van der Waals surface area contributed by atoms with E-state index in [4.69, 9.17) is 0 Å². The lowest BCUT2D eigenvalue weighted by Gasteiger charge is -1.99. The number of hydrogen-bond donors (Lipinski definition) is 0. The molecule has 1 aromatic rings. The van der Waals surface area contributed by atoms with E-state index in [1.807, 2.05) is 30.3 Å². The van der Waals surface area contributed by atoms with E-state index in [1.54, 1.807) is 6.08 Å². The standard InChI is InChI=1S/C12H14OS/c1-2-10-14-12(13)9-8-11-6-4-3-5-7-11/h2-7H,1,8-10H2. The van der Waals surface area contributed by atoms with E-state index in [1.165, 1.54) is 17.3 Å². The molecule has 0 bridgehead atoms. The van der Waals surface area contributed by atoms with Gasteiger partial charge in [-0.25, -0.2) is 0 Å². The summed E-state index contributed by atoms with van der Waals surface area (Å²) in [6.45, 7) is 3.58. The Hall–Kier alpha value is -1.02. The van der Waals surface area contributed by atoms with E-state index in [2.05, 4.69) is 6.58 Å². The minimum Gasteiger partial charge on any atom is -0.287 e. The van der Waals surface area contributed by atoms with Crippen molar-refractivity contribution >= 4 is 16.9 Å². The summed E-state index contributed by atoms with van der Waals surface area (Å²) in [5.74, 6) is 0.716. The number of rotatable bonds is 5. The highest BCUT2D eigenvalue weighted by Crippen LogP contribution is 2.09. The number of hydrogen-bond acceptors (Lipinski definition) is 2. The number of aryl methyl sites for hydroxylation is 1. The van der Waals surface area contributed by atoms with Crippen LogP contribution in [0.25, 0.3) is 0 Å². The summed E-state index contributed by atoms with van der Waals surface area (Å²) in [6.07, 6.45) is 3.21. The van der Waals surface area contributed by atoms with Crippen LogP contribution in [0.1, 0.15) is 12.0 Å². The van der Waals surface area contributed by atoms with E-state index >= 15 is 0 Å². The molecule has 0 aliphatic heterocycles. The molecule has 1 aromatic carbocycles. The monoisotopic (exact) mass is 206 g/mol. The molecule has 0 aliphatic carbocycles. The Labute approximate surface area is 89.2 Å². The van der Waals surface area contributed by atoms with Gasteiger partial charge >= 0.3 is 0 Å². The predicted molar refractivity (Wildman–Crippen MR) is 62.4 cm³/mol. The zero-order chi connectivity index (χ0) is 10.2. The first kappa shape index (κ1) is 11.1. The lowest BCUT2D eigenvalue weighted by atomic mass is 10.1. The van der Waals surface area contributed by atoms with Crippen molar-refractivity contribution in [2.75, 3.05) is 5.75 Å². The summed E-state index contributed by atoms with van der Waals surface area (Å²) in [6, 6.07) is 10.1. The molecule has 0 spiro atoms. The van der Waals surface area contributed by atoms with Crippen LogP contribution in [0.5, 0.6) is 0 Å². The average Bonchev–Trinajstić information content (AvgIpc) is 2.25. The molecule has 74 valence electrons. The second-order valence-corrected chi connectivity index (χ2v) is 4.03. The van der Waals surface area contributed by atoms with Crippen LogP contribution in [0.4, 0.5) is 0 Å². The fourth-order valence-corrected chi connectivity index (χ4v) is 1.67. The molecule has 0 heterocycles. The van der Waals surface area contributed by atoms with E-state index in [0.29, 0.717) is 12.2 Å². The Kier molecular flexibility index (Phi) is 5.08. The topological polar surface area (TPSA) is 17.1 Å². The Morgan fingerprint density at radius 2 is 2.07 bits per heavy atom. The maximum absolute atomic E-state index is 11.3. The van der Waals surface area contributed by atoms with Crippen molar-refractivity contribution in [2.24, 2.45) is 0 Å². The third-order valence-corrected chi connectivity index (χ3v) is 2.75. The molecular formula is C12H14OS. The van der Waals surface area contributed by atoms with E-state index in [9.17, 15) is 4.79 Å². The van der Waals surface area contributed by atoms with Gasteiger partial charge in [-0.15, -0.1) is 6.58 Å². The van der Waals surface area contributed by atoms with Gasteiger partial charge in [-0.05, 0) is 12.0 Å². The van der Waals surface area contributed by atoms with Gasteiger partial charge in [0.15, 0.2) is 5.12 Å². The first-order valence-electron chi connectivity index (χ1n) is 4.63. The van der Waals surface area contributed by atoms with Gasteiger partial charge in [-0.1, -0.05) is 48.2 Å². The summed E-state index contributed by atoms with van der Waals surface area (Å²) >= 11 is 1.34. The fourth-order valence-electron chi connectivity index (χ4n) is 1.12. The highest BCUT2D eigenvalue weighted by Gasteiger charge is 2.01. The Morgan fingerprint density at radius 1 is 1.36 bits per heavy atom. The van der Waals surface area contributed by atoms with Gasteiger partial charge in [0.25, 0.3) is 0 Å². The molecule has 0 fully saturated rings. The predicted octanol–water partition coefficient (Wildman–Crippen LogP) is 3.07. The molecule has 0 saturated heterocycles. The van der Waals surface area contributed by atoms with Crippen molar-refractivity contribution in [3.63, 3.8) is 0 Å². The van der Waals surface area contributed by atoms with Gasteiger partial charge in [-0.2, -0.15) is 0 Å². The van der Waals surface area contributed by atoms with Crippen molar-refractivity contribution in [2.45, 2.75) is 12.8 Å². The molecule has 1 nitrogen and oxygen atoms in total. The van der Waals surface area contributed by atoms with Crippen LogP contribution in [0.3, 0.4) is 0 Å². The second kappa shape index (κ2) is 6.44. The third kappa shape index (κ3) is 4.28. The lowest BCUT2D eigenvalue weighted by Crippen LogP contribution is -1.95. The van der Waals surface area contributed by atoms with Crippen molar-refractivity contribution < 1.29 is 4.79 Å².